The summed E-state index contributed by atoms with van der Waals surface area (Å²) in [5.74, 6) is -1.15. The fourth-order valence-electron chi connectivity index (χ4n) is 2.41. The summed E-state index contributed by atoms with van der Waals surface area (Å²) in [7, 11) is 1.20. The zero-order valence-corrected chi connectivity index (χ0v) is 15.1. The van der Waals surface area contributed by atoms with E-state index in [0.717, 1.165) is 6.07 Å². The van der Waals surface area contributed by atoms with E-state index in [4.69, 9.17) is 0 Å². The molecule has 0 saturated carbocycles. The molecule has 0 aliphatic rings. The molecule has 11 heteroatoms. The van der Waals surface area contributed by atoms with Crippen molar-refractivity contribution in [1.29, 1.82) is 0 Å². The summed E-state index contributed by atoms with van der Waals surface area (Å²) < 4.78 is 42.8. The van der Waals surface area contributed by atoms with Crippen LogP contribution >= 0.6 is 0 Å². The molecule has 1 amide bonds. The molecule has 0 spiro atoms. The van der Waals surface area contributed by atoms with Crippen LogP contribution in [0.1, 0.15) is 22.3 Å². The summed E-state index contributed by atoms with van der Waals surface area (Å²) in [5.41, 5.74) is -1.67. The summed E-state index contributed by atoms with van der Waals surface area (Å²) in [5, 5.41) is 16.1. The van der Waals surface area contributed by atoms with Gasteiger partial charge in [0, 0.05) is 19.0 Å². The number of carbonyl (C=O) groups excluding carboxylic acids is 2. The van der Waals surface area contributed by atoms with Crippen molar-refractivity contribution in [3.8, 4) is 0 Å². The van der Waals surface area contributed by atoms with E-state index >= 15 is 0 Å². The van der Waals surface area contributed by atoms with E-state index in [-0.39, 0.29) is 29.9 Å². The van der Waals surface area contributed by atoms with Gasteiger partial charge < -0.3 is 15.4 Å². The molecular formula is C18H16F3N3O5. The largest absolute Gasteiger partial charge is 0.465 e. The molecule has 154 valence electrons. The normalized spacial score (nSPS) is 10.9. The average Bonchev–Trinajstić information content (AvgIpc) is 2.67. The van der Waals surface area contributed by atoms with Gasteiger partial charge >= 0.3 is 12.1 Å². The third kappa shape index (κ3) is 5.67. The number of rotatable bonds is 7. The van der Waals surface area contributed by atoms with E-state index in [1.165, 1.54) is 19.2 Å². The third-order valence-electron chi connectivity index (χ3n) is 3.80. The van der Waals surface area contributed by atoms with E-state index in [1.54, 1.807) is 12.1 Å². The van der Waals surface area contributed by atoms with Crippen molar-refractivity contribution in [3.63, 3.8) is 0 Å². The molecule has 29 heavy (non-hydrogen) atoms. The lowest BCUT2D eigenvalue weighted by molar-refractivity contribution is -0.384. The van der Waals surface area contributed by atoms with Crippen molar-refractivity contribution in [3.05, 3.63) is 63.7 Å². The smallest absolute Gasteiger partial charge is 0.416 e. The Bertz CT molecular complexity index is 931. The maximum absolute atomic E-state index is 12.7. The van der Waals surface area contributed by atoms with Gasteiger partial charge in [0.25, 0.3) is 5.69 Å². The highest BCUT2D eigenvalue weighted by Gasteiger charge is 2.33. The minimum atomic E-state index is -4.71. The number of halogens is 3. The summed E-state index contributed by atoms with van der Waals surface area (Å²) in [6, 6.07) is 8.23. The van der Waals surface area contributed by atoms with Crippen LogP contribution in [-0.2, 0) is 15.7 Å². The number of methoxy groups -OCH3 is 1. The first-order chi connectivity index (χ1) is 13.6. The summed E-state index contributed by atoms with van der Waals surface area (Å²) in [6.07, 6.45) is -4.87. The van der Waals surface area contributed by atoms with Gasteiger partial charge in [-0.1, -0.05) is 12.1 Å². The Balaban J connectivity index is 2.03. The van der Waals surface area contributed by atoms with Crippen LogP contribution in [0, 0.1) is 10.1 Å². The first-order valence-electron chi connectivity index (χ1n) is 8.20. The number of esters is 1. The molecule has 0 aliphatic heterocycles. The minimum Gasteiger partial charge on any atom is -0.465 e. The highest BCUT2D eigenvalue weighted by Crippen LogP contribution is 2.34. The van der Waals surface area contributed by atoms with Crippen LogP contribution in [0.2, 0.25) is 0 Å². The highest BCUT2D eigenvalue weighted by atomic mass is 19.4. The van der Waals surface area contributed by atoms with Gasteiger partial charge in [-0.05, 0) is 24.3 Å². The number of ether oxygens (including phenoxy) is 1. The lowest BCUT2D eigenvalue weighted by atomic mass is 10.1. The molecule has 0 radical (unpaired) electrons. The number of amides is 1. The molecule has 0 aliphatic carbocycles. The van der Waals surface area contributed by atoms with Crippen LogP contribution in [0.4, 0.5) is 30.2 Å². The van der Waals surface area contributed by atoms with Crippen LogP contribution in [0.5, 0.6) is 0 Å². The number of nitrogens with zero attached hydrogens (tertiary/aromatic N) is 1. The fourth-order valence-corrected chi connectivity index (χ4v) is 2.41. The van der Waals surface area contributed by atoms with Crippen molar-refractivity contribution in [2.45, 2.75) is 12.6 Å². The van der Waals surface area contributed by atoms with Gasteiger partial charge in [0.2, 0.25) is 5.91 Å². The van der Waals surface area contributed by atoms with E-state index in [0.29, 0.717) is 12.1 Å². The summed E-state index contributed by atoms with van der Waals surface area (Å²) in [6.45, 7) is -0.0849. The number of carbonyl (C=O) groups is 2. The Labute approximate surface area is 162 Å². The van der Waals surface area contributed by atoms with Crippen LogP contribution in [0.25, 0.3) is 0 Å². The predicted octanol–water partition coefficient (Wildman–Crippen LogP) is 3.84. The van der Waals surface area contributed by atoms with Crippen LogP contribution in [-0.4, -0.2) is 30.5 Å². The zero-order valence-electron chi connectivity index (χ0n) is 15.1. The van der Waals surface area contributed by atoms with Crippen molar-refractivity contribution in [2.75, 3.05) is 24.3 Å². The number of nitro groups is 1. The topological polar surface area (TPSA) is 111 Å². The Hall–Kier alpha value is -3.63. The summed E-state index contributed by atoms with van der Waals surface area (Å²) in [4.78, 5) is 33.9. The third-order valence-corrected chi connectivity index (χ3v) is 3.80. The molecular weight excluding hydrogens is 395 g/mol. The van der Waals surface area contributed by atoms with Crippen molar-refractivity contribution < 1.29 is 32.4 Å². The Morgan fingerprint density at radius 1 is 1.14 bits per heavy atom. The van der Waals surface area contributed by atoms with E-state index in [1.807, 2.05) is 0 Å². The molecule has 0 fully saturated rings. The molecule has 2 N–H and O–H groups in total. The molecule has 0 bridgehead atoms. The second-order valence-electron chi connectivity index (χ2n) is 5.75. The highest BCUT2D eigenvalue weighted by molar-refractivity contribution is 6.01. The number of hydrogen-bond acceptors (Lipinski definition) is 6. The number of nitro benzene ring substituents is 1. The molecule has 0 aromatic heterocycles. The average molecular weight is 411 g/mol. The Morgan fingerprint density at radius 2 is 1.83 bits per heavy atom. The van der Waals surface area contributed by atoms with E-state index < -0.39 is 34.2 Å². The number of anilines is 2. The first kappa shape index (κ1) is 21.7. The predicted molar refractivity (Wildman–Crippen MR) is 97.6 cm³/mol. The molecule has 2 rings (SSSR count). The number of para-hydroxylation sites is 1. The SMILES string of the molecule is COC(=O)c1ccccc1NC(=O)CCNc1ccc(C(F)(F)F)cc1[N+](=O)[O-]. The monoisotopic (exact) mass is 411 g/mol. The minimum absolute atomic E-state index is 0.0849. The molecule has 2 aromatic rings. The van der Waals surface area contributed by atoms with Crippen molar-refractivity contribution in [1.82, 2.24) is 0 Å². The quantitative estimate of drug-likeness (QED) is 0.407. The van der Waals surface area contributed by atoms with Gasteiger partial charge in [0.1, 0.15) is 5.69 Å². The van der Waals surface area contributed by atoms with Gasteiger partial charge in [-0.3, -0.25) is 14.9 Å². The first-order valence-corrected chi connectivity index (χ1v) is 8.20. The molecule has 0 heterocycles. The van der Waals surface area contributed by atoms with Gasteiger partial charge in [0.15, 0.2) is 0 Å². The van der Waals surface area contributed by atoms with Gasteiger partial charge in [-0.15, -0.1) is 0 Å². The van der Waals surface area contributed by atoms with Gasteiger partial charge in [-0.2, -0.15) is 13.2 Å². The maximum atomic E-state index is 12.7. The van der Waals surface area contributed by atoms with Crippen LogP contribution < -0.4 is 10.6 Å². The summed E-state index contributed by atoms with van der Waals surface area (Å²) >= 11 is 0. The molecule has 0 saturated heterocycles. The second kappa shape index (κ2) is 9.04. The lowest BCUT2D eigenvalue weighted by Gasteiger charge is -2.11. The van der Waals surface area contributed by atoms with E-state index in [2.05, 4.69) is 15.4 Å². The molecule has 0 atom stereocenters. The zero-order chi connectivity index (χ0) is 21.6. The second-order valence-corrected chi connectivity index (χ2v) is 5.75. The Kier molecular flexibility index (Phi) is 6.75. The van der Waals surface area contributed by atoms with Gasteiger partial charge in [-0.25, -0.2) is 4.79 Å². The number of hydrogen-bond donors (Lipinski definition) is 2. The fraction of sp³-hybridized carbons (Fsp3) is 0.222. The van der Waals surface area contributed by atoms with Crippen molar-refractivity contribution in [2.24, 2.45) is 0 Å². The van der Waals surface area contributed by atoms with E-state index in [9.17, 15) is 32.9 Å². The molecule has 8 nitrogen and oxygen atoms in total. The number of nitrogens with one attached hydrogen (secondary N) is 2. The van der Waals surface area contributed by atoms with Gasteiger partial charge in [0.05, 0.1) is 28.8 Å². The van der Waals surface area contributed by atoms with Crippen molar-refractivity contribution >= 4 is 28.9 Å². The maximum Gasteiger partial charge on any atom is 0.416 e. The molecule has 2 aromatic carbocycles. The Morgan fingerprint density at radius 3 is 2.45 bits per heavy atom. The molecule has 0 unspecified atom stereocenters. The number of alkyl halides is 3. The standard InChI is InChI=1S/C18H16F3N3O5/c1-29-17(26)12-4-2-3-5-13(12)23-16(25)8-9-22-14-7-6-11(18(19,20)21)10-15(14)24(27)28/h2-7,10,22H,8-9H2,1H3,(H,23,25). The van der Waals surface area contributed by atoms with Crippen LogP contribution in [0.15, 0.2) is 42.5 Å². The van der Waals surface area contributed by atoms with Crippen LogP contribution in [0.3, 0.4) is 0 Å². The number of benzene rings is 2. The lowest BCUT2D eigenvalue weighted by Crippen LogP contribution is -2.18.